The monoisotopic (exact) mass is 223 g/mol. The van der Waals surface area contributed by atoms with Gasteiger partial charge < -0.3 is 9.77 Å². The Morgan fingerprint density at radius 3 is 2.75 bits per heavy atom. The molecule has 3 rings (SSSR count). The lowest BCUT2D eigenvalue weighted by atomic mass is 10.4. The molecule has 3 heterocycles. The number of imidazole rings is 1. The van der Waals surface area contributed by atoms with Crippen molar-refractivity contribution in [2.24, 2.45) is 12.1 Å². The molecule has 3 N–H and O–H groups in total. The number of nitrogens with zero attached hydrogens (tertiary/aromatic N) is 5. The fraction of sp³-hybridized carbons (Fsp3) is 0.500. The average molecular weight is 223 g/mol. The first-order valence-electron chi connectivity index (χ1n) is 4.97. The van der Waals surface area contributed by atoms with Gasteiger partial charge in [0.1, 0.15) is 0 Å². The number of hydrazone groups is 1. The second-order valence-corrected chi connectivity index (χ2v) is 3.94. The molecule has 1 aromatic heterocycles. The van der Waals surface area contributed by atoms with E-state index in [-0.39, 0.29) is 0 Å². The zero-order valence-electron chi connectivity index (χ0n) is 9.10. The predicted molar refractivity (Wildman–Crippen MR) is 54.8 cm³/mol. The van der Waals surface area contributed by atoms with Crippen molar-refractivity contribution in [1.82, 2.24) is 30.7 Å². The SMILES string of the molecule is CN1NN=C(c2nc3c(n2C)CN(O)C3)N1. The number of rotatable bonds is 1. The Bertz CT molecular complexity index is 465. The van der Waals surface area contributed by atoms with E-state index in [1.807, 2.05) is 18.7 Å². The Morgan fingerprint density at radius 1 is 1.31 bits per heavy atom. The Morgan fingerprint density at radius 2 is 2.12 bits per heavy atom. The third-order valence-corrected chi connectivity index (χ3v) is 2.76. The summed E-state index contributed by atoms with van der Waals surface area (Å²) >= 11 is 0. The molecule has 0 radical (unpaired) electrons. The molecule has 0 fully saturated rings. The molecule has 0 unspecified atom stereocenters. The highest BCUT2D eigenvalue weighted by Gasteiger charge is 2.27. The Balaban J connectivity index is 1.96. The third-order valence-electron chi connectivity index (χ3n) is 2.76. The van der Waals surface area contributed by atoms with E-state index in [0.29, 0.717) is 18.9 Å². The van der Waals surface area contributed by atoms with Crippen molar-refractivity contribution in [3.8, 4) is 0 Å². The summed E-state index contributed by atoms with van der Waals surface area (Å²) in [6.45, 7) is 0.981. The van der Waals surface area contributed by atoms with Crippen LogP contribution in [0.2, 0.25) is 0 Å². The highest BCUT2D eigenvalue weighted by Crippen LogP contribution is 2.21. The second kappa shape index (κ2) is 3.17. The fourth-order valence-corrected chi connectivity index (χ4v) is 1.96. The lowest BCUT2D eigenvalue weighted by Crippen LogP contribution is -2.38. The van der Waals surface area contributed by atoms with E-state index in [4.69, 9.17) is 0 Å². The Kier molecular flexibility index (Phi) is 1.90. The number of amidine groups is 1. The van der Waals surface area contributed by atoms with Crippen LogP contribution >= 0.6 is 0 Å². The minimum absolute atomic E-state index is 0.472. The molecule has 8 nitrogen and oxygen atoms in total. The highest BCUT2D eigenvalue weighted by molar-refractivity contribution is 5.96. The first-order valence-corrected chi connectivity index (χ1v) is 4.97. The third kappa shape index (κ3) is 1.28. The molecule has 2 aliphatic heterocycles. The van der Waals surface area contributed by atoms with E-state index in [1.165, 1.54) is 5.06 Å². The molecule has 0 amide bonds. The van der Waals surface area contributed by atoms with Crippen LogP contribution in [0.5, 0.6) is 0 Å². The van der Waals surface area contributed by atoms with Gasteiger partial charge in [0.25, 0.3) is 0 Å². The zero-order chi connectivity index (χ0) is 11.3. The number of hydrogen-bond acceptors (Lipinski definition) is 7. The van der Waals surface area contributed by atoms with Gasteiger partial charge in [0, 0.05) is 14.1 Å². The van der Waals surface area contributed by atoms with Crippen molar-refractivity contribution in [3.63, 3.8) is 0 Å². The molecule has 0 spiro atoms. The molecule has 8 heteroatoms. The minimum atomic E-state index is 0.472. The lowest BCUT2D eigenvalue weighted by molar-refractivity contribution is -0.0985. The van der Waals surface area contributed by atoms with E-state index in [9.17, 15) is 5.21 Å². The quantitative estimate of drug-likeness (QED) is 0.551. The van der Waals surface area contributed by atoms with Crippen LogP contribution in [0.4, 0.5) is 0 Å². The average Bonchev–Trinajstić information content (AvgIpc) is 2.85. The molecular formula is C8H13N7O. The Hall–Kier alpha value is -1.64. The summed E-state index contributed by atoms with van der Waals surface area (Å²) < 4.78 is 1.94. The molecule has 0 atom stereocenters. The molecule has 2 aliphatic rings. The van der Waals surface area contributed by atoms with Gasteiger partial charge in [0.15, 0.2) is 5.82 Å². The van der Waals surface area contributed by atoms with Gasteiger partial charge in [-0.3, -0.25) is 5.43 Å². The van der Waals surface area contributed by atoms with Crippen LogP contribution < -0.4 is 11.0 Å². The smallest absolute Gasteiger partial charge is 0.206 e. The molecule has 1 aromatic rings. The van der Waals surface area contributed by atoms with E-state index >= 15 is 0 Å². The van der Waals surface area contributed by atoms with Crippen molar-refractivity contribution in [2.45, 2.75) is 13.1 Å². The summed E-state index contributed by atoms with van der Waals surface area (Å²) in [6.07, 6.45) is 0. The number of hydrogen-bond donors (Lipinski definition) is 3. The molecule has 0 aromatic carbocycles. The van der Waals surface area contributed by atoms with Crippen molar-refractivity contribution < 1.29 is 5.21 Å². The maximum Gasteiger partial charge on any atom is 0.206 e. The van der Waals surface area contributed by atoms with Crippen LogP contribution in [0.25, 0.3) is 0 Å². The van der Waals surface area contributed by atoms with Crippen molar-refractivity contribution >= 4 is 5.84 Å². The van der Waals surface area contributed by atoms with Crippen molar-refractivity contribution in [1.29, 1.82) is 0 Å². The van der Waals surface area contributed by atoms with Gasteiger partial charge in [0.2, 0.25) is 5.84 Å². The molecule has 0 bridgehead atoms. The van der Waals surface area contributed by atoms with Gasteiger partial charge in [-0.05, 0) is 0 Å². The van der Waals surface area contributed by atoms with Crippen molar-refractivity contribution in [3.05, 3.63) is 17.2 Å². The molecule has 0 saturated carbocycles. The number of fused-ring (bicyclic) bond motifs is 1. The number of nitrogens with one attached hydrogen (secondary N) is 2. The Labute approximate surface area is 92.1 Å². The molecule has 86 valence electrons. The predicted octanol–water partition coefficient (Wildman–Crippen LogP) is -1.26. The van der Waals surface area contributed by atoms with Crippen LogP contribution in [-0.2, 0) is 20.1 Å². The first-order chi connectivity index (χ1) is 7.65. The molecular weight excluding hydrogens is 210 g/mol. The normalized spacial score (nSPS) is 20.6. The van der Waals surface area contributed by atoms with Gasteiger partial charge in [-0.25, -0.2) is 10.5 Å². The van der Waals surface area contributed by atoms with Gasteiger partial charge >= 0.3 is 0 Å². The van der Waals surface area contributed by atoms with E-state index < -0.39 is 0 Å². The summed E-state index contributed by atoms with van der Waals surface area (Å²) in [4.78, 5) is 4.46. The largest absolute Gasteiger partial charge is 0.327 e. The van der Waals surface area contributed by atoms with Gasteiger partial charge in [0.05, 0.1) is 24.5 Å². The van der Waals surface area contributed by atoms with E-state index in [2.05, 4.69) is 21.0 Å². The molecule has 0 saturated heterocycles. The molecule has 0 aliphatic carbocycles. The van der Waals surface area contributed by atoms with Gasteiger partial charge in [-0.1, -0.05) is 0 Å². The van der Waals surface area contributed by atoms with Crippen LogP contribution in [-0.4, -0.2) is 37.8 Å². The lowest BCUT2D eigenvalue weighted by Gasteiger charge is -2.09. The number of hydroxylamine groups is 2. The standard InChI is InChI=1S/C8H13N7O/c1-13-6-4-15(16)3-5(6)9-8(13)7-10-12-14(2)11-7/h12,16H,3-4H2,1-2H3,(H,10,11). The van der Waals surface area contributed by atoms with Crippen LogP contribution in [0.15, 0.2) is 5.10 Å². The van der Waals surface area contributed by atoms with Gasteiger partial charge in [-0.15, -0.1) is 10.2 Å². The fourth-order valence-electron chi connectivity index (χ4n) is 1.96. The van der Waals surface area contributed by atoms with Crippen LogP contribution in [0, 0.1) is 0 Å². The summed E-state index contributed by atoms with van der Waals surface area (Å²) in [5.74, 6) is 1.46. The summed E-state index contributed by atoms with van der Waals surface area (Å²) in [6, 6.07) is 0. The zero-order valence-corrected chi connectivity index (χ0v) is 9.10. The summed E-state index contributed by atoms with van der Waals surface area (Å²) in [5.41, 5.74) is 7.72. The summed E-state index contributed by atoms with van der Waals surface area (Å²) in [7, 11) is 3.74. The highest BCUT2D eigenvalue weighted by atomic mass is 16.5. The molecule has 16 heavy (non-hydrogen) atoms. The number of hydrazine groups is 2. The number of aromatic nitrogens is 2. The van der Waals surface area contributed by atoms with Crippen molar-refractivity contribution in [2.75, 3.05) is 7.05 Å². The van der Waals surface area contributed by atoms with E-state index in [0.717, 1.165) is 17.2 Å². The minimum Gasteiger partial charge on any atom is -0.327 e. The maximum atomic E-state index is 9.38. The first kappa shape index (κ1) is 9.58. The second-order valence-electron chi connectivity index (χ2n) is 3.94. The van der Waals surface area contributed by atoms with Crippen LogP contribution in [0.1, 0.15) is 17.2 Å². The van der Waals surface area contributed by atoms with E-state index in [1.54, 1.807) is 5.12 Å². The van der Waals surface area contributed by atoms with Gasteiger partial charge in [-0.2, -0.15) is 5.06 Å². The summed E-state index contributed by atoms with van der Waals surface area (Å²) in [5, 5.41) is 16.4. The van der Waals surface area contributed by atoms with Crippen LogP contribution in [0.3, 0.4) is 0 Å². The maximum absolute atomic E-state index is 9.38. The topological polar surface area (TPSA) is 81.0 Å².